The van der Waals surface area contributed by atoms with Gasteiger partial charge in [0.1, 0.15) is 17.9 Å². The number of aliphatic hydroxyl groups excluding tert-OH is 1. The van der Waals surface area contributed by atoms with Crippen LogP contribution >= 0.6 is 0 Å². The Labute approximate surface area is 150 Å². The second-order valence-corrected chi connectivity index (χ2v) is 6.67. The first-order chi connectivity index (χ1) is 12.6. The molecular formula is C18H21N3O5. The molecule has 0 spiro atoms. The van der Waals surface area contributed by atoms with Crippen molar-refractivity contribution in [3.05, 3.63) is 41.5 Å². The van der Waals surface area contributed by atoms with Gasteiger partial charge < -0.3 is 24.0 Å². The van der Waals surface area contributed by atoms with Gasteiger partial charge in [-0.05, 0) is 31.2 Å². The molecule has 138 valence electrons. The monoisotopic (exact) mass is 359 g/mol. The van der Waals surface area contributed by atoms with E-state index in [1.54, 1.807) is 36.1 Å². The lowest BCUT2D eigenvalue weighted by molar-refractivity contribution is 0.0693. The highest BCUT2D eigenvalue weighted by atomic mass is 16.5. The van der Waals surface area contributed by atoms with Crippen LogP contribution in [0.25, 0.3) is 0 Å². The maximum atomic E-state index is 12.9. The van der Waals surface area contributed by atoms with E-state index < -0.39 is 12.1 Å². The van der Waals surface area contributed by atoms with Crippen molar-refractivity contribution in [2.24, 2.45) is 0 Å². The van der Waals surface area contributed by atoms with E-state index in [9.17, 15) is 9.90 Å². The molecule has 8 nitrogen and oxygen atoms in total. The van der Waals surface area contributed by atoms with Crippen molar-refractivity contribution < 1.29 is 23.9 Å². The lowest BCUT2D eigenvalue weighted by Gasteiger charge is -2.22. The molecule has 1 aromatic carbocycles. The summed E-state index contributed by atoms with van der Waals surface area (Å²) in [7, 11) is 0. The molecule has 2 fully saturated rings. The summed E-state index contributed by atoms with van der Waals surface area (Å²) in [4.78, 5) is 18.7. The number of hydrogen-bond donors (Lipinski definition) is 1. The van der Waals surface area contributed by atoms with E-state index in [1.807, 2.05) is 0 Å². The number of aryl methyl sites for hydroxylation is 1. The number of carbonyl (C=O) groups excluding carboxylic acids is 1. The Hall–Kier alpha value is -2.45. The van der Waals surface area contributed by atoms with E-state index in [-0.39, 0.29) is 18.6 Å². The average molecular weight is 359 g/mol. The quantitative estimate of drug-likeness (QED) is 0.883. The summed E-state index contributed by atoms with van der Waals surface area (Å²) in [6.07, 6.45) is 0.713. The summed E-state index contributed by atoms with van der Waals surface area (Å²) in [6, 6.07) is 6.61. The number of aliphatic hydroxyl groups is 1. The minimum Gasteiger partial charge on any atom is -0.488 e. The first-order valence-electron chi connectivity index (χ1n) is 8.74. The first kappa shape index (κ1) is 17.0. The highest BCUT2D eigenvalue weighted by Gasteiger charge is 2.39. The van der Waals surface area contributed by atoms with Crippen molar-refractivity contribution >= 4 is 5.91 Å². The predicted octanol–water partition coefficient (Wildman–Crippen LogP) is 1.49. The van der Waals surface area contributed by atoms with Crippen molar-refractivity contribution in [3.8, 4) is 5.75 Å². The molecule has 26 heavy (non-hydrogen) atoms. The fourth-order valence-electron chi connectivity index (χ4n) is 3.36. The molecule has 3 heterocycles. The zero-order valence-corrected chi connectivity index (χ0v) is 14.5. The van der Waals surface area contributed by atoms with Crippen LogP contribution in [0.3, 0.4) is 0 Å². The third kappa shape index (κ3) is 3.42. The largest absolute Gasteiger partial charge is 0.488 e. The van der Waals surface area contributed by atoms with E-state index in [2.05, 4.69) is 10.1 Å². The highest BCUT2D eigenvalue weighted by Crippen LogP contribution is 2.32. The Morgan fingerprint density at radius 2 is 2.15 bits per heavy atom. The fraction of sp³-hybridized carbons (Fsp3) is 0.500. The van der Waals surface area contributed by atoms with Gasteiger partial charge in [0.15, 0.2) is 5.82 Å². The standard InChI is InChI=1S/C18H21N3O5/c1-11-19-17(26-20-11)16-8-13(22)9-21(16)18(23)12-2-4-14(5-3-12)25-15-6-7-24-10-15/h2-5,13,15-16,22H,6-10H2,1H3/t13-,15?,16+/m0/s1. The average Bonchev–Trinajstić information content (AvgIpc) is 3.36. The Morgan fingerprint density at radius 3 is 2.81 bits per heavy atom. The van der Waals surface area contributed by atoms with Gasteiger partial charge in [0, 0.05) is 24.9 Å². The first-order valence-corrected chi connectivity index (χ1v) is 8.74. The summed E-state index contributed by atoms with van der Waals surface area (Å²) < 4.78 is 16.3. The second-order valence-electron chi connectivity index (χ2n) is 6.67. The summed E-state index contributed by atoms with van der Waals surface area (Å²) >= 11 is 0. The zero-order chi connectivity index (χ0) is 18.1. The lowest BCUT2D eigenvalue weighted by atomic mass is 10.1. The maximum absolute atomic E-state index is 12.9. The number of benzene rings is 1. The molecule has 0 aliphatic carbocycles. The summed E-state index contributed by atoms with van der Waals surface area (Å²) in [5, 5.41) is 13.8. The molecule has 0 bridgehead atoms. The van der Waals surface area contributed by atoms with E-state index in [4.69, 9.17) is 14.0 Å². The molecule has 1 N–H and O–H groups in total. The Morgan fingerprint density at radius 1 is 1.35 bits per heavy atom. The smallest absolute Gasteiger partial charge is 0.254 e. The molecule has 1 amide bonds. The van der Waals surface area contributed by atoms with Crippen molar-refractivity contribution in [1.29, 1.82) is 0 Å². The zero-order valence-electron chi connectivity index (χ0n) is 14.5. The number of carbonyl (C=O) groups is 1. The number of β-amino-alcohol motifs (C(OH)–C–C–N with tert-alkyl or cyclic N) is 1. The van der Waals surface area contributed by atoms with Crippen molar-refractivity contribution in [2.75, 3.05) is 19.8 Å². The molecule has 0 saturated carbocycles. The van der Waals surface area contributed by atoms with Gasteiger partial charge in [0.25, 0.3) is 5.91 Å². The van der Waals surface area contributed by atoms with Gasteiger partial charge in [-0.25, -0.2) is 0 Å². The number of aromatic nitrogens is 2. The van der Waals surface area contributed by atoms with Gasteiger partial charge in [-0.15, -0.1) is 0 Å². The Balaban J connectivity index is 1.48. The number of nitrogens with zero attached hydrogens (tertiary/aromatic N) is 3. The third-order valence-corrected chi connectivity index (χ3v) is 4.66. The number of hydrogen-bond acceptors (Lipinski definition) is 7. The van der Waals surface area contributed by atoms with Crippen molar-refractivity contribution in [1.82, 2.24) is 15.0 Å². The van der Waals surface area contributed by atoms with E-state index >= 15 is 0 Å². The topological polar surface area (TPSA) is 97.9 Å². The van der Waals surface area contributed by atoms with Crippen LogP contribution in [0.5, 0.6) is 5.75 Å². The number of rotatable bonds is 4. The summed E-state index contributed by atoms with van der Waals surface area (Å²) in [5.74, 6) is 1.39. The number of ether oxygens (including phenoxy) is 2. The van der Waals surface area contributed by atoms with Gasteiger partial charge >= 0.3 is 0 Å². The minimum absolute atomic E-state index is 0.0652. The van der Waals surface area contributed by atoms with Crippen LogP contribution in [0, 0.1) is 6.92 Å². The van der Waals surface area contributed by atoms with Crippen LogP contribution in [-0.2, 0) is 4.74 Å². The van der Waals surface area contributed by atoms with Crippen molar-refractivity contribution in [2.45, 2.75) is 38.0 Å². The molecule has 2 saturated heterocycles. The summed E-state index contributed by atoms with van der Waals surface area (Å²) in [6.45, 7) is 3.27. The Kier molecular flexibility index (Phi) is 4.60. The van der Waals surface area contributed by atoms with Crippen molar-refractivity contribution in [3.63, 3.8) is 0 Å². The predicted molar refractivity (Wildman–Crippen MR) is 89.7 cm³/mol. The van der Waals surface area contributed by atoms with Crippen LogP contribution < -0.4 is 4.74 Å². The molecule has 2 aliphatic heterocycles. The molecule has 1 aromatic heterocycles. The van der Waals surface area contributed by atoms with Gasteiger partial charge in [-0.1, -0.05) is 5.16 Å². The third-order valence-electron chi connectivity index (χ3n) is 4.66. The molecule has 2 aromatic rings. The van der Waals surface area contributed by atoms with Crippen LogP contribution in [0.15, 0.2) is 28.8 Å². The number of likely N-dealkylation sites (tertiary alicyclic amines) is 1. The fourth-order valence-corrected chi connectivity index (χ4v) is 3.36. The minimum atomic E-state index is -0.610. The molecule has 4 rings (SSSR count). The van der Waals surface area contributed by atoms with E-state index in [1.165, 1.54) is 0 Å². The molecule has 1 unspecified atom stereocenters. The van der Waals surface area contributed by atoms with Gasteiger partial charge in [-0.3, -0.25) is 4.79 Å². The second kappa shape index (κ2) is 7.05. The molecule has 8 heteroatoms. The van der Waals surface area contributed by atoms with E-state index in [0.717, 1.165) is 13.0 Å². The van der Waals surface area contributed by atoms with Gasteiger partial charge in [0.2, 0.25) is 5.89 Å². The Bertz CT molecular complexity index is 769. The van der Waals surface area contributed by atoms with Gasteiger partial charge in [-0.2, -0.15) is 4.98 Å². The van der Waals surface area contributed by atoms with Crippen LogP contribution in [-0.4, -0.2) is 58.0 Å². The van der Waals surface area contributed by atoms with Crippen LogP contribution in [0.1, 0.15) is 41.0 Å². The van der Waals surface area contributed by atoms with Crippen LogP contribution in [0.4, 0.5) is 0 Å². The normalized spacial score (nSPS) is 25.6. The summed E-state index contributed by atoms with van der Waals surface area (Å²) in [5.41, 5.74) is 0.523. The molecular weight excluding hydrogens is 338 g/mol. The highest BCUT2D eigenvalue weighted by molar-refractivity contribution is 5.94. The van der Waals surface area contributed by atoms with Crippen LogP contribution in [0.2, 0.25) is 0 Å². The molecule has 3 atom stereocenters. The SMILES string of the molecule is Cc1noc([C@H]2C[C@H](O)CN2C(=O)c2ccc(OC3CCOC3)cc2)n1. The van der Waals surface area contributed by atoms with E-state index in [0.29, 0.717) is 36.1 Å². The number of amides is 1. The van der Waals surface area contributed by atoms with Gasteiger partial charge in [0.05, 0.1) is 19.3 Å². The lowest BCUT2D eigenvalue weighted by Crippen LogP contribution is -2.32. The maximum Gasteiger partial charge on any atom is 0.254 e. The molecule has 0 radical (unpaired) electrons. The molecule has 2 aliphatic rings.